The molecule has 0 amide bonds. The van der Waals surface area contributed by atoms with E-state index in [1.807, 2.05) is 66.7 Å². The van der Waals surface area contributed by atoms with Gasteiger partial charge in [0.1, 0.15) is 11.5 Å². The van der Waals surface area contributed by atoms with Crippen molar-refractivity contribution < 1.29 is 14.3 Å². The molecule has 0 spiro atoms. The molecule has 0 fully saturated rings. The van der Waals surface area contributed by atoms with E-state index in [2.05, 4.69) is 19.1 Å². The van der Waals surface area contributed by atoms with Crippen molar-refractivity contribution in [2.45, 2.75) is 6.92 Å². The summed E-state index contributed by atoms with van der Waals surface area (Å²) in [6.07, 6.45) is 0. The number of hydrogen-bond acceptors (Lipinski definition) is 3. The maximum Gasteiger partial charge on any atom is 0.194 e. The highest BCUT2D eigenvalue weighted by Crippen LogP contribution is 2.34. The first-order valence-corrected chi connectivity index (χ1v) is 9.47. The van der Waals surface area contributed by atoms with Crippen molar-refractivity contribution in [2.24, 2.45) is 0 Å². The number of carbonyl (C=O) groups is 1. The number of carbonyl (C=O) groups excluding carboxylic acids is 1. The predicted octanol–water partition coefficient (Wildman–Crippen LogP) is 6.06. The fraction of sp³-hybridized carbons (Fsp3) is 0.115. The van der Waals surface area contributed by atoms with E-state index in [4.69, 9.17) is 9.47 Å². The molecule has 4 aromatic carbocycles. The van der Waals surface area contributed by atoms with Gasteiger partial charge in [0, 0.05) is 11.1 Å². The molecule has 3 nitrogen and oxygen atoms in total. The highest BCUT2D eigenvalue weighted by molar-refractivity contribution is 6.20. The minimum atomic E-state index is -0.0140. The van der Waals surface area contributed by atoms with Gasteiger partial charge >= 0.3 is 0 Å². The molecule has 0 unspecified atom stereocenters. The molecule has 0 saturated heterocycles. The van der Waals surface area contributed by atoms with Crippen LogP contribution < -0.4 is 9.47 Å². The SMILES string of the molecule is COc1ccc(C(=O)c2c(-c3cccc(C)c3)ccc3cc(OC)ccc23)cc1. The number of ketones is 1. The van der Waals surface area contributed by atoms with E-state index in [0.29, 0.717) is 11.1 Å². The minimum Gasteiger partial charge on any atom is -0.497 e. The molecule has 0 radical (unpaired) electrons. The van der Waals surface area contributed by atoms with Gasteiger partial charge in [-0.15, -0.1) is 0 Å². The number of aryl methyl sites for hydroxylation is 1. The summed E-state index contributed by atoms with van der Waals surface area (Å²) < 4.78 is 10.6. The van der Waals surface area contributed by atoms with Gasteiger partial charge in [0.2, 0.25) is 0 Å². The van der Waals surface area contributed by atoms with Crippen molar-refractivity contribution >= 4 is 16.6 Å². The first kappa shape index (κ1) is 18.8. The minimum absolute atomic E-state index is 0.0140. The summed E-state index contributed by atoms with van der Waals surface area (Å²) in [5, 5.41) is 1.88. The topological polar surface area (TPSA) is 35.5 Å². The van der Waals surface area contributed by atoms with Crippen LogP contribution in [0.4, 0.5) is 0 Å². The monoisotopic (exact) mass is 382 g/mol. The smallest absolute Gasteiger partial charge is 0.194 e. The lowest BCUT2D eigenvalue weighted by atomic mass is 9.89. The second kappa shape index (κ2) is 7.80. The Morgan fingerprint density at radius 1 is 0.759 bits per heavy atom. The molecule has 0 aliphatic rings. The number of hydrogen-bond donors (Lipinski definition) is 0. The van der Waals surface area contributed by atoms with Crippen LogP contribution in [0.3, 0.4) is 0 Å². The lowest BCUT2D eigenvalue weighted by Gasteiger charge is -2.14. The molecule has 144 valence electrons. The largest absolute Gasteiger partial charge is 0.497 e. The van der Waals surface area contributed by atoms with Crippen LogP contribution >= 0.6 is 0 Å². The Labute approximate surface area is 170 Å². The molecule has 4 aromatic rings. The van der Waals surface area contributed by atoms with Gasteiger partial charge in [-0.05, 0) is 71.3 Å². The Morgan fingerprint density at radius 2 is 1.48 bits per heavy atom. The van der Waals surface area contributed by atoms with Crippen molar-refractivity contribution in [2.75, 3.05) is 14.2 Å². The van der Waals surface area contributed by atoms with Crippen molar-refractivity contribution in [3.8, 4) is 22.6 Å². The van der Waals surface area contributed by atoms with Gasteiger partial charge in [0.25, 0.3) is 0 Å². The zero-order valence-electron chi connectivity index (χ0n) is 16.7. The van der Waals surface area contributed by atoms with Gasteiger partial charge in [0.05, 0.1) is 14.2 Å². The standard InChI is InChI=1S/C26H22O3/c1-17-5-4-6-19(15-17)23-13-9-20-16-22(29-3)12-14-24(20)25(23)26(27)18-7-10-21(28-2)11-8-18/h4-16H,1-3H3. The quantitative estimate of drug-likeness (QED) is 0.393. The highest BCUT2D eigenvalue weighted by Gasteiger charge is 2.19. The van der Waals surface area contributed by atoms with E-state index >= 15 is 0 Å². The molecule has 0 saturated carbocycles. The van der Waals surface area contributed by atoms with Gasteiger partial charge in [-0.3, -0.25) is 4.79 Å². The van der Waals surface area contributed by atoms with Crippen LogP contribution in [0.5, 0.6) is 11.5 Å². The van der Waals surface area contributed by atoms with Crippen LogP contribution in [0.2, 0.25) is 0 Å². The Balaban J connectivity index is 1.96. The zero-order valence-corrected chi connectivity index (χ0v) is 16.7. The molecular formula is C26H22O3. The molecule has 0 aromatic heterocycles. The summed E-state index contributed by atoms with van der Waals surface area (Å²) >= 11 is 0. The fourth-order valence-electron chi connectivity index (χ4n) is 3.62. The first-order valence-electron chi connectivity index (χ1n) is 9.47. The molecule has 4 rings (SSSR count). The van der Waals surface area contributed by atoms with Gasteiger partial charge in [0.15, 0.2) is 5.78 Å². The van der Waals surface area contributed by atoms with E-state index in [-0.39, 0.29) is 5.78 Å². The normalized spacial score (nSPS) is 10.7. The van der Waals surface area contributed by atoms with Crippen LogP contribution in [0.15, 0.2) is 78.9 Å². The summed E-state index contributed by atoms with van der Waals surface area (Å²) in [7, 11) is 3.26. The number of ether oxygens (including phenoxy) is 2. The van der Waals surface area contributed by atoms with Gasteiger partial charge in [-0.1, -0.05) is 42.0 Å². The lowest BCUT2D eigenvalue weighted by Crippen LogP contribution is -2.05. The number of methoxy groups -OCH3 is 2. The maximum atomic E-state index is 13.6. The van der Waals surface area contributed by atoms with Crippen LogP contribution in [-0.2, 0) is 0 Å². The summed E-state index contributed by atoms with van der Waals surface area (Å²) in [4.78, 5) is 13.6. The molecule has 0 aliphatic heterocycles. The van der Waals surface area contributed by atoms with E-state index < -0.39 is 0 Å². The van der Waals surface area contributed by atoms with Crippen LogP contribution in [0, 0.1) is 6.92 Å². The lowest BCUT2D eigenvalue weighted by molar-refractivity contribution is 0.104. The van der Waals surface area contributed by atoms with E-state index in [1.54, 1.807) is 14.2 Å². The summed E-state index contributed by atoms with van der Waals surface area (Å²) in [5.74, 6) is 1.48. The first-order chi connectivity index (χ1) is 14.1. The van der Waals surface area contributed by atoms with Gasteiger partial charge in [-0.2, -0.15) is 0 Å². The highest BCUT2D eigenvalue weighted by atomic mass is 16.5. The van der Waals surface area contributed by atoms with Crippen molar-refractivity contribution in [3.05, 3.63) is 95.6 Å². The second-order valence-corrected chi connectivity index (χ2v) is 7.00. The maximum absolute atomic E-state index is 13.6. The predicted molar refractivity (Wildman–Crippen MR) is 117 cm³/mol. The molecule has 0 heterocycles. The van der Waals surface area contributed by atoms with E-state index in [9.17, 15) is 4.79 Å². The van der Waals surface area contributed by atoms with Crippen LogP contribution in [-0.4, -0.2) is 20.0 Å². The van der Waals surface area contributed by atoms with E-state index in [0.717, 1.165) is 39.0 Å². The molecular weight excluding hydrogens is 360 g/mol. The van der Waals surface area contributed by atoms with Crippen LogP contribution in [0.1, 0.15) is 21.5 Å². The third kappa shape index (κ3) is 3.59. The third-order valence-corrected chi connectivity index (χ3v) is 5.14. The van der Waals surface area contributed by atoms with Gasteiger partial charge < -0.3 is 9.47 Å². The zero-order chi connectivity index (χ0) is 20.4. The Bertz CT molecular complexity index is 1190. The molecule has 0 bridgehead atoms. The van der Waals surface area contributed by atoms with Crippen molar-refractivity contribution in [1.82, 2.24) is 0 Å². The van der Waals surface area contributed by atoms with Crippen molar-refractivity contribution in [1.29, 1.82) is 0 Å². The Kier molecular flexibility index (Phi) is 5.05. The molecule has 0 N–H and O–H groups in total. The van der Waals surface area contributed by atoms with Crippen molar-refractivity contribution in [3.63, 3.8) is 0 Å². The summed E-state index contributed by atoms with van der Waals surface area (Å²) in [5.41, 5.74) is 4.43. The second-order valence-electron chi connectivity index (χ2n) is 7.00. The molecule has 0 atom stereocenters. The molecule has 3 heteroatoms. The summed E-state index contributed by atoms with van der Waals surface area (Å²) in [6.45, 7) is 2.06. The number of rotatable bonds is 5. The Morgan fingerprint density at radius 3 is 2.17 bits per heavy atom. The van der Waals surface area contributed by atoms with Gasteiger partial charge in [-0.25, -0.2) is 0 Å². The number of fused-ring (bicyclic) bond motifs is 1. The summed E-state index contributed by atoms with van der Waals surface area (Å²) in [6, 6.07) is 25.3. The molecule has 29 heavy (non-hydrogen) atoms. The van der Waals surface area contributed by atoms with E-state index in [1.165, 1.54) is 0 Å². The Hall–Kier alpha value is -3.59. The number of benzene rings is 4. The van der Waals surface area contributed by atoms with Crippen LogP contribution in [0.25, 0.3) is 21.9 Å². The average molecular weight is 382 g/mol. The fourth-order valence-corrected chi connectivity index (χ4v) is 3.62. The third-order valence-electron chi connectivity index (χ3n) is 5.14. The average Bonchev–Trinajstić information content (AvgIpc) is 2.77. The molecule has 0 aliphatic carbocycles.